The number of allylic oxidation sites excluding steroid dienone is 6. The smallest absolute Gasteiger partial charge is 0.352 e. The molecule has 3 aromatic rings. The third-order valence-electron chi connectivity index (χ3n) is 7.15. The van der Waals surface area contributed by atoms with Crippen molar-refractivity contribution >= 4 is 27.5 Å². The van der Waals surface area contributed by atoms with Crippen LogP contribution >= 0.6 is 15.9 Å². The van der Waals surface area contributed by atoms with E-state index in [1.807, 2.05) is 6.08 Å². The number of carbonyl (C=O) groups excluding carboxylic acids is 2. The highest BCUT2D eigenvalue weighted by molar-refractivity contribution is 9.10. The summed E-state index contributed by atoms with van der Waals surface area (Å²) in [6.07, 6.45) is 3.25. The molecule has 0 spiro atoms. The molecular formula is C27H20BrN3O5. The van der Waals surface area contributed by atoms with Crippen molar-refractivity contribution in [3.63, 3.8) is 0 Å². The Morgan fingerprint density at radius 1 is 1.00 bits per heavy atom. The van der Waals surface area contributed by atoms with Crippen LogP contribution in [0.2, 0.25) is 0 Å². The van der Waals surface area contributed by atoms with Gasteiger partial charge in [-0.05, 0) is 48.9 Å². The predicted molar refractivity (Wildman–Crippen MR) is 135 cm³/mol. The summed E-state index contributed by atoms with van der Waals surface area (Å²) in [5.74, 6) is -1.32. The van der Waals surface area contributed by atoms with Crippen LogP contribution in [0.4, 0.5) is 0 Å². The van der Waals surface area contributed by atoms with E-state index in [9.17, 15) is 24.3 Å². The molecule has 8 nitrogen and oxygen atoms in total. The summed E-state index contributed by atoms with van der Waals surface area (Å²) in [5, 5.41) is 10.8. The van der Waals surface area contributed by atoms with Gasteiger partial charge in [0.15, 0.2) is 11.6 Å². The molecule has 0 radical (unpaired) electrons. The van der Waals surface area contributed by atoms with Gasteiger partial charge in [-0.3, -0.25) is 9.59 Å². The maximum Gasteiger partial charge on any atom is 0.352 e. The molecule has 1 N–H and O–H groups in total. The number of phenols is 1. The minimum atomic E-state index is -0.743. The quantitative estimate of drug-likeness (QED) is 0.393. The van der Waals surface area contributed by atoms with Crippen molar-refractivity contribution in [2.75, 3.05) is 0 Å². The van der Waals surface area contributed by atoms with Gasteiger partial charge in [-0.1, -0.05) is 40.2 Å². The number of rotatable bonds is 2. The SMILES string of the molecule is CC1=CC(=O)C2=C(C1=O)[C@@H](c1cc(Br)ccc1O)C1=CCn3c(=O)n(-c4ccccc4)c(=O)n3[C@@H]1C2. The van der Waals surface area contributed by atoms with Gasteiger partial charge in [0.05, 0.1) is 18.3 Å². The van der Waals surface area contributed by atoms with Gasteiger partial charge in [0.1, 0.15) is 5.75 Å². The summed E-state index contributed by atoms with van der Waals surface area (Å²) in [6, 6.07) is 12.9. The van der Waals surface area contributed by atoms with Crippen LogP contribution in [0.5, 0.6) is 5.75 Å². The molecular weight excluding hydrogens is 526 g/mol. The molecule has 6 rings (SSSR count). The fraction of sp³-hybridized carbons (Fsp3) is 0.185. The number of benzene rings is 2. The molecule has 0 fully saturated rings. The van der Waals surface area contributed by atoms with E-state index in [-0.39, 0.29) is 30.3 Å². The molecule has 36 heavy (non-hydrogen) atoms. The summed E-state index contributed by atoms with van der Waals surface area (Å²) >= 11 is 3.44. The molecule has 2 aromatic carbocycles. The van der Waals surface area contributed by atoms with Crippen molar-refractivity contribution in [3.8, 4) is 11.4 Å². The van der Waals surface area contributed by atoms with Gasteiger partial charge in [0.25, 0.3) is 0 Å². The standard InChI is InChI=1S/C27H20BrN3O5/c1-14-11-22(33)19-13-20-17(23(24(19)25(14)34)18-12-15(28)7-8-21(18)32)9-10-29-26(35)30(27(36)31(20)29)16-5-3-2-4-6-16/h2-9,11-12,20,23,32H,10,13H2,1H3/t20-,23-/m1/s1. The molecule has 1 aliphatic heterocycles. The van der Waals surface area contributed by atoms with E-state index in [4.69, 9.17) is 0 Å². The van der Waals surface area contributed by atoms with Crippen LogP contribution in [0, 0.1) is 0 Å². The molecule has 1 aromatic heterocycles. The van der Waals surface area contributed by atoms with E-state index in [0.29, 0.717) is 38.0 Å². The third-order valence-corrected chi connectivity index (χ3v) is 7.64. The molecule has 0 saturated heterocycles. The Labute approximate surface area is 213 Å². The summed E-state index contributed by atoms with van der Waals surface area (Å²) < 4.78 is 4.56. The van der Waals surface area contributed by atoms with Crippen LogP contribution in [0.15, 0.2) is 97.0 Å². The van der Waals surface area contributed by atoms with E-state index in [1.54, 1.807) is 49.4 Å². The molecule has 2 heterocycles. The Hall–Kier alpha value is -3.98. The largest absolute Gasteiger partial charge is 0.508 e. The predicted octanol–water partition coefficient (Wildman–Crippen LogP) is 3.33. The zero-order valence-corrected chi connectivity index (χ0v) is 20.7. The third kappa shape index (κ3) is 3.12. The number of fused-ring (bicyclic) bond motifs is 3. The lowest BCUT2D eigenvalue weighted by atomic mass is 9.67. The maximum absolute atomic E-state index is 13.7. The number of halogens is 1. The van der Waals surface area contributed by atoms with Gasteiger partial charge in [0, 0.05) is 39.1 Å². The number of Topliss-reactive ketones (excluding diaryl/α,β-unsaturated/α-hetero) is 1. The first-order chi connectivity index (χ1) is 17.3. The second kappa shape index (κ2) is 8.03. The first kappa shape index (κ1) is 22.5. The van der Waals surface area contributed by atoms with Crippen molar-refractivity contribution in [3.05, 3.63) is 114 Å². The van der Waals surface area contributed by atoms with Gasteiger partial charge >= 0.3 is 11.4 Å². The summed E-state index contributed by atoms with van der Waals surface area (Å²) in [4.78, 5) is 53.5. The van der Waals surface area contributed by atoms with Crippen LogP contribution in [-0.2, 0) is 16.1 Å². The fourth-order valence-electron chi connectivity index (χ4n) is 5.54. The summed E-state index contributed by atoms with van der Waals surface area (Å²) in [7, 11) is 0. The highest BCUT2D eigenvalue weighted by Crippen LogP contribution is 2.51. The number of hydrogen-bond donors (Lipinski definition) is 1. The van der Waals surface area contributed by atoms with E-state index in [2.05, 4.69) is 15.9 Å². The minimum absolute atomic E-state index is 0.0266. The van der Waals surface area contributed by atoms with Crippen LogP contribution in [0.25, 0.3) is 5.69 Å². The highest BCUT2D eigenvalue weighted by atomic mass is 79.9. The average molecular weight is 546 g/mol. The zero-order valence-electron chi connectivity index (χ0n) is 19.1. The number of aromatic nitrogens is 3. The zero-order chi connectivity index (χ0) is 25.3. The first-order valence-electron chi connectivity index (χ1n) is 11.5. The molecule has 180 valence electrons. The topological polar surface area (TPSA) is 103 Å². The van der Waals surface area contributed by atoms with E-state index < -0.39 is 23.3 Å². The summed E-state index contributed by atoms with van der Waals surface area (Å²) in [5.41, 5.74) is 1.55. The van der Waals surface area contributed by atoms with Gasteiger partial charge in [-0.25, -0.2) is 23.5 Å². The monoisotopic (exact) mass is 545 g/mol. The average Bonchev–Trinajstić information content (AvgIpc) is 3.13. The lowest BCUT2D eigenvalue weighted by Crippen LogP contribution is -2.40. The van der Waals surface area contributed by atoms with Gasteiger partial charge in [-0.2, -0.15) is 0 Å². The van der Waals surface area contributed by atoms with Gasteiger partial charge in [-0.15, -0.1) is 0 Å². The van der Waals surface area contributed by atoms with Crippen LogP contribution in [-0.4, -0.2) is 30.6 Å². The molecule has 0 amide bonds. The lowest BCUT2D eigenvalue weighted by molar-refractivity contribution is -0.116. The number of aromatic hydroxyl groups is 1. The van der Waals surface area contributed by atoms with Crippen molar-refractivity contribution in [2.24, 2.45) is 0 Å². The number of phenolic OH excluding ortho intramolecular Hbond substituents is 1. The maximum atomic E-state index is 13.7. The molecule has 2 aliphatic carbocycles. The number of para-hydroxylation sites is 1. The van der Waals surface area contributed by atoms with Crippen molar-refractivity contribution in [1.82, 2.24) is 13.9 Å². The summed E-state index contributed by atoms with van der Waals surface area (Å²) in [6.45, 7) is 1.72. The Balaban J connectivity index is 1.61. The molecule has 9 heteroatoms. The molecule has 2 atom stereocenters. The number of ketones is 2. The van der Waals surface area contributed by atoms with E-state index >= 15 is 0 Å². The number of hydrogen-bond acceptors (Lipinski definition) is 5. The number of nitrogens with zero attached hydrogens (tertiary/aromatic N) is 3. The second-order valence-electron chi connectivity index (χ2n) is 9.14. The highest BCUT2D eigenvalue weighted by Gasteiger charge is 2.45. The Bertz CT molecular complexity index is 1700. The van der Waals surface area contributed by atoms with Crippen LogP contribution in [0.1, 0.15) is 30.9 Å². The minimum Gasteiger partial charge on any atom is -0.508 e. The van der Waals surface area contributed by atoms with Crippen molar-refractivity contribution in [1.29, 1.82) is 0 Å². The first-order valence-corrected chi connectivity index (χ1v) is 12.3. The lowest BCUT2D eigenvalue weighted by Gasteiger charge is -2.39. The second-order valence-corrected chi connectivity index (χ2v) is 10.1. The molecule has 0 bridgehead atoms. The molecule has 0 saturated carbocycles. The Morgan fingerprint density at radius 3 is 2.50 bits per heavy atom. The van der Waals surface area contributed by atoms with Gasteiger partial charge < -0.3 is 5.11 Å². The fourth-order valence-corrected chi connectivity index (χ4v) is 5.92. The van der Waals surface area contributed by atoms with Crippen LogP contribution in [0.3, 0.4) is 0 Å². The Morgan fingerprint density at radius 2 is 1.75 bits per heavy atom. The van der Waals surface area contributed by atoms with Crippen LogP contribution < -0.4 is 11.4 Å². The van der Waals surface area contributed by atoms with E-state index in [1.165, 1.54) is 21.5 Å². The Kier molecular flexibility index (Phi) is 5.01. The molecule has 3 aliphatic rings. The van der Waals surface area contributed by atoms with Crippen molar-refractivity contribution in [2.45, 2.75) is 31.8 Å². The normalized spacial score (nSPS) is 20.9. The van der Waals surface area contributed by atoms with E-state index in [0.717, 1.165) is 4.57 Å². The molecule has 0 unspecified atom stereocenters. The van der Waals surface area contributed by atoms with Crippen molar-refractivity contribution < 1.29 is 14.7 Å². The number of carbonyl (C=O) groups is 2. The van der Waals surface area contributed by atoms with Gasteiger partial charge in [0.2, 0.25) is 0 Å².